The molecule has 2 aromatic rings. The second-order valence-electron chi connectivity index (χ2n) is 6.22. The first-order chi connectivity index (χ1) is 11.4. The first-order valence-electron chi connectivity index (χ1n) is 7.98. The molecule has 130 valence electrons. The van der Waals surface area contributed by atoms with Crippen LogP contribution in [-0.4, -0.2) is 28.8 Å². The zero-order valence-electron chi connectivity index (χ0n) is 14.5. The van der Waals surface area contributed by atoms with Gasteiger partial charge < -0.3 is 19.7 Å². The highest BCUT2D eigenvalue weighted by atomic mass is 16.5. The molecular weight excluding hydrogens is 308 g/mol. The van der Waals surface area contributed by atoms with Gasteiger partial charge in [-0.05, 0) is 43.0 Å². The van der Waals surface area contributed by atoms with Gasteiger partial charge in [0.1, 0.15) is 12.4 Å². The fourth-order valence-corrected chi connectivity index (χ4v) is 2.11. The number of aromatic nitrogens is 1. The number of hydrogen-bond donors (Lipinski definition) is 2. The number of nitrogens with one attached hydrogen (secondary N) is 1. The molecule has 0 radical (unpaired) electrons. The molecule has 1 heterocycles. The van der Waals surface area contributed by atoms with Crippen molar-refractivity contribution < 1.29 is 19.2 Å². The number of ether oxygens (including phenoxy) is 1. The predicted octanol–water partition coefficient (Wildman–Crippen LogP) is 2.62. The second kappa shape index (κ2) is 7.97. The lowest BCUT2D eigenvalue weighted by atomic mass is 10.1. The average Bonchev–Trinajstić information content (AvgIpc) is 3.02. The third kappa shape index (κ3) is 4.58. The van der Waals surface area contributed by atoms with Gasteiger partial charge >= 0.3 is 0 Å². The second-order valence-corrected chi connectivity index (χ2v) is 6.22. The van der Waals surface area contributed by atoms with E-state index in [4.69, 9.17) is 9.26 Å². The minimum Gasteiger partial charge on any atom is -0.486 e. The fraction of sp³-hybridized carbons (Fsp3) is 0.444. The lowest BCUT2D eigenvalue weighted by molar-refractivity contribution is 0.0887. The number of aryl methyl sites for hydroxylation is 2. The van der Waals surface area contributed by atoms with Gasteiger partial charge in [-0.2, -0.15) is 0 Å². The summed E-state index contributed by atoms with van der Waals surface area (Å²) in [5, 5.41) is 15.8. The minimum atomic E-state index is -0.371. The monoisotopic (exact) mass is 332 g/mol. The maximum Gasteiger partial charge on any atom is 0.273 e. The van der Waals surface area contributed by atoms with E-state index in [0.717, 1.165) is 11.3 Å². The lowest BCUT2D eigenvalue weighted by Gasteiger charge is -2.18. The molecule has 0 spiro atoms. The Hall–Kier alpha value is -2.34. The number of aliphatic hydroxyl groups is 1. The van der Waals surface area contributed by atoms with E-state index in [-0.39, 0.29) is 36.8 Å². The van der Waals surface area contributed by atoms with Gasteiger partial charge in [0.25, 0.3) is 5.91 Å². The van der Waals surface area contributed by atoms with Crippen LogP contribution in [0.4, 0.5) is 0 Å². The average molecular weight is 332 g/mol. The van der Waals surface area contributed by atoms with Crippen molar-refractivity contribution in [2.45, 2.75) is 40.3 Å². The van der Waals surface area contributed by atoms with Crippen molar-refractivity contribution in [3.05, 3.63) is 46.8 Å². The van der Waals surface area contributed by atoms with Gasteiger partial charge in [-0.3, -0.25) is 4.79 Å². The number of benzene rings is 1. The van der Waals surface area contributed by atoms with Crippen LogP contribution in [0.3, 0.4) is 0 Å². The molecule has 1 aromatic carbocycles. The molecule has 2 N–H and O–H groups in total. The normalized spacial score (nSPS) is 12.2. The molecule has 1 atom stereocenters. The number of carbonyl (C=O) groups is 1. The van der Waals surface area contributed by atoms with Gasteiger partial charge in [0.15, 0.2) is 11.5 Å². The summed E-state index contributed by atoms with van der Waals surface area (Å²) in [6.45, 7) is 7.97. The summed E-state index contributed by atoms with van der Waals surface area (Å²) in [6.07, 6.45) is 0. The third-order valence-electron chi connectivity index (χ3n) is 3.97. The molecule has 1 amide bonds. The summed E-state index contributed by atoms with van der Waals surface area (Å²) in [4.78, 5) is 12.1. The lowest BCUT2D eigenvalue weighted by Crippen LogP contribution is -2.41. The molecule has 6 heteroatoms. The standard InChI is InChI=1S/C18H24N2O4/c1-11(2)17(9-21)19-18(22)16-8-15(24-20-16)10-23-14-6-5-12(3)13(4)7-14/h5-8,11,17,21H,9-10H2,1-4H3,(H,19,22)/t17-/m1/s1. The Morgan fingerprint density at radius 2 is 2.04 bits per heavy atom. The number of carbonyl (C=O) groups excluding carboxylic acids is 1. The van der Waals surface area contributed by atoms with Gasteiger partial charge in [-0.1, -0.05) is 25.1 Å². The van der Waals surface area contributed by atoms with Crippen LogP contribution in [-0.2, 0) is 6.61 Å². The van der Waals surface area contributed by atoms with Crippen LogP contribution in [0.25, 0.3) is 0 Å². The molecule has 0 aliphatic rings. The molecule has 24 heavy (non-hydrogen) atoms. The summed E-state index contributed by atoms with van der Waals surface area (Å²) < 4.78 is 10.8. The Balaban J connectivity index is 1.95. The van der Waals surface area contributed by atoms with E-state index in [2.05, 4.69) is 10.5 Å². The zero-order valence-corrected chi connectivity index (χ0v) is 14.5. The van der Waals surface area contributed by atoms with Crippen LogP contribution in [0.2, 0.25) is 0 Å². The minimum absolute atomic E-state index is 0.121. The molecule has 0 aliphatic heterocycles. The molecule has 1 aromatic heterocycles. The first-order valence-corrected chi connectivity index (χ1v) is 7.98. The topological polar surface area (TPSA) is 84.6 Å². The molecule has 0 fully saturated rings. The van der Waals surface area contributed by atoms with Gasteiger partial charge in [0, 0.05) is 6.07 Å². The quantitative estimate of drug-likeness (QED) is 0.814. The molecule has 0 saturated carbocycles. The van der Waals surface area contributed by atoms with Crippen LogP contribution < -0.4 is 10.1 Å². The van der Waals surface area contributed by atoms with Gasteiger partial charge in [-0.15, -0.1) is 0 Å². The number of nitrogens with zero attached hydrogens (tertiary/aromatic N) is 1. The highest BCUT2D eigenvalue weighted by molar-refractivity contribution is 5.92. The number of aliphatic hydroxyl groups excluding tert-OH is 1. The van der Waals surface area contributed by atoms with Crippen molar-refractivity contribution in [3.63, 3.8) is 0 Å². The maximum atomic E-state index is 12.1. The number of hydrogen-bond acceptors (Lipinski definition) is 5. The van der Waals surface area contributed by atoms with E-state index >= 15 is 0 Å². The summed E-state index contributed by atoms with van der Waals surface area (Å²) in [6, 6.07) is 7.06. The van der Waals surface area contributed by atoms with Crippen LogP contribution in [0.5, 0.6) is 5.75 Å². The molecule has 0 unspecified atom stereocenters. The van der Waals surface area contributed by atoms with Crippen LogP contribution >= 0.6 is 0 Å². The number of rotatable bonds is 7. The summed E-state index contributed by atoms with van der Waals surface area (Å²) in [7, 11) is 0. The third-order valence-corrected chi connectivity index (χ3v) is 3.97. The molecule has 2 rings (SSSR count). The summed E-state index contributed by atoms with van der Waals surface area (Å²) in [5.74, 6) is 0.950. The summed E-state index contributed by atoms with van der Waals surface area (Å²) in [5.41, 5.74) is 2.52. The Kier molecular flexibility index (Phi) is 5.98. The molecule has 0 aliphatic carbocycles. The zero-order chi connectivity index (χ0) is 17.7. The van der Waals surface area contributed by atoms with E-state index in [9.17, 15) is 9.90 Å². The van der Waals surface area contributed by atoms with Crippen LogP contribution in [0, 0.1) is 19.8 Å². The van der Waals surface area contributed by atoms with Gasteiger partial charge in [-0.25, -0.2) is 0 Å². The van der Waals surface area contributed by atoms with Gasteiger partial charge in [0.2, 0.25) is 0 Å². The first kappa shape index (κ1) is 18.0. The van der Waals surface area contributed by atoms with E-state index in [1.54, 1.807) is 6.07 Å². The van der Waals surface area contributed by atoms with E-state index in [1.807, 2.05) is 45.9 Å². The van der Waals surface area contributed by atoms with E-state index < -0.39 is 0 Å². The highest BCUT2D eigenvalue weighted by Crippen LogP contribution is 2.18. The molecular formula is C18H24N2O4. The van der Waals surface area contributed by atoms with Crippen LogP contribution in [0.15, 0.2) is 28.8 Å². The van der Waals surface area contributed by atoms with Crippen molar-refractivity contribution >= 4 is 5.91 Å². The SMILES string of the molecule is Cc1ccc(OCc2cc(C(=O)N[C@H](CO)C(C)C)no2)cc1C. The van der Waals surface area contributed by atoms with Crippen molar-refractivity contribution in [1.29, 1.82) is 0 Å². The van der Waals surface area contributed by atoms with E-state index in [0.29, 0.717) is 5.76 Å². The Morgan fingerprint density at radius 3 is 2.67 bits per heavy atom. The summed E-state index contributed by atoms with van der Waals surface area (Å²) >= 11 is 0. The van der Waals surface area contributed by atoms with Gasteiger partial charge in [0.05, 0.1) is 12.6 Å². The Labute approximate surface area is 141 Å². The molecule has 0 saturated heterocycles. The van der Waals surface area contributed by atoms with Crippen LogP contribution in [0.1, 0.15) is 41.2 Å². The predicted molar refractivity (Wildman–Crippen MR) is 89.9 cm³/mol. The van der Waals surface area contributed by atoms with Crippen molar-refractivity contribution in [3.8, 4) is 5.75 Å². The molecule has 6 nitrogen and oxygen atoms in total. The Morgan fingerprint density at radius 1 is 1.29 bits per heavy atom. The number of amides is 1. The smallest absolute Gasteiger partial charge is 0.273 e. The van der Waals surface area contributed by atoms with Crippen molar-refractivity contribution in [1.82, 2.24) is 10.5 Å². The molecule has 0 bridgehead atoms. The highest BCUT2D eigenvalue weighted by Gasteiger charge is 2.19. The van der Waals surface area contributed by atoms with Crippen molar-refractivity contribution in [2.24, 2.45) is 5.92 Å². The maximum absolute atomic E-state index is 12.1. The van der Waals surface area contributed by atoms with Crippen molar-refractivity contribution in [2.75, 3.05) is 6.61 Å². The van der Waals surface area contributed by atoms with E-state index in [1.165, 1.54) is 5.56 Å². The Bertz CT molecular complexity index is 694. The fourth-order valence-electron chi connectivity index (χ4n) is 2.11. The largest absolute Gasteiger partial charge is 0.486 e.